The van der Waals surface area contributed by atoms with Crippen LogP contribution in [-0.4, -0.2) is 54.2 Å². The van der Waals surface area contributed by atoms with Gasteiger partial charge in [-0.25, -0.2) is 4.79 Å². The zero-order valence-electron chi connectivity index (χ0n) is 11.6. The van der Waals surface area contributed by atoms with Crippen LogP contribution in [0, 0.1) is 11.1 Å². The number of nitrogens with zero attached hydrogens (tertiary/aromatic N) is 3. The van der Waals surface area contributed by atoms with E-state index in [1.54, 1.807) is 0 Å². The fourth-order valence-electron chi connectivity index (χ4n) is 1.07. The minimum Gasteiger partial charge on any atom is -0.569 e. The SMILES string of the molecule is CC(C)CN(C)[N+]([O-])=NOCOC(=O)OCCC(=O)O. The van der Waals surface area contributed by atoms with Crippen molar-refractivity contribution in [3.63, 3.8) is 0 Å². The van der Waals surface area contributed by atoms with E-state index < -0.39 is 18.9 Å². The fourth-order valence-corrected chi connectivity index (χ4v) is 1.07. The highest BCUT2D eigenvalue weighted by Gasteiger charge is 2.09. The molecule has 10 nitrogen and oxygen atoms in total. The molecular formula is C10H19N3O7. The zero-order valence-corrected chi connectivity index (χ0v) is 11.6. The average Bonchev–Trinajstić information content (AvgIpc) is 2.33. The molecule has 0 aromatic carbocycles. The lowest BCUT2D eigenvalue weighted by atomic mass is 10.2. The predicted octanol–water partition coefficient (Wildman–Crippen LogP) is 0.969. The van der Waals surface area contributed by atoms with Crippen LogP contribution in [-0.2, 0) is 19.1 Å². The minimum absolute atomic E-state index is 0.221. The first-order valence-electron chi connectivity index (χ1n) is 5.85. The second-order valence-corrected chi connectivity index (χ2v) is 4.20. The fraction of sp³-hybridized carbons (Fsp3) is 0.800. The standard InChI is InChI=1S/C10H19N3O7/c1-8(2)6-12(3)13(17)11-20-7-19-10(16)18-5-4-9(14)15/h8H,4-7H2,1-3H3,(H,14,15). The summed E-state index contributed by atoms with van der Waals surface area (Å²) in [4.78, 5) is 25.7. The third kappa shape index (κ3) is 9.74. The van der Waals surface area contributed by atoms with E-state index in [0.29, 0.717) is 6.54 Å². The first-order valence-corrected chi connectivity index (χ1v) is 5.85. The Morgan fingerprint density at radius 1 is 1.40 bits per heavy atom. The van der Waals surface area contributed by atoms with Gasteiger partial charge in [0.2, 0.25) is 5.28 Å². The van der Waals surface area contributed by atoms with E-state index in [2.05, 4.69) is 19.6 Å². The summed E-state index contributed by atoms with van der Waals surface area (Å²) in [7, 11) is 1.53. The van der Waals surface area contributed by atoms with Crippen LogP contribution in [0.3, 0.4) is 0 Å². The van der Waals surface area contributed by atoms with Gasteiger partial charge in [0, 0.05) is 0 Å². The summed E-state index contributed by atoms with van der Waals surface area (Å²) in [5.74, 6) is -0.827. The number of hydrogen-bond acceptors (Lipinski definition) is 7. The molecule has 0 aliphatic carbocycles. The molecule has 0 aliphatic rings. The van der Waals surface area contributed by atoms with Crippen LogP contribution in [0.4, 0.5) is 4.79 Å². The van der Waals surface area contributed by atoms with Gasteiger partial charge in [0.15, 0.2) is 0 Å². The van der Waals surface area contributed by atoms with Crippen molar-refractivity contribution in [2.24, 2.45) is 11.2 Å². The molecule has 0 aromatic heterocycles. The molecular weight excluding hydrogens is 274 g/mol. The molecule has 0 saturated heterocycles. The van der Waals surface area contributed by atoms with E-state index in [-0.39, 0.29) is 23.9 Å². The van der Waals surface area contributed by atoms with Crippen molar-refractivity contribution in [2.45, 2.75) is 20.3 Å². The van der Waals surface area contributed by atoms with E-state index in [1.165, 1.54) is 12.1 Å². The van der Waals surface area contributed by atoms with Crippen LogP contribution < -0.4 is 0 Å². The first-order chi connectivity index (χ1) is 9.32. The van der Waals surface area contributed by atoms with Crippen molar-refractivity contribution in [1.82, 2.24) is 5.01 Å². The molecule has 0 spiro atoms. The molecule has 0 amide bonds. The highest BCUT2D eigenvalue weighted by molar-refractivity contribution is 5.67. The van der Waals surface area contributed by atoms with E-state index in [9.17, 15) is 14.8 Å². The third-order valence-corrected chi connectivity index (χ3v) is 1.81. The van der Waals surface area contributed by atoms with E-state index in [1.807, 2.05) is 13.8 Å². The Morgan fingerprint density at radius 2 is 2.05 bits per heavy atom. The second kappa shape index (κ2) is 9.64. The van der Waals surface area contributed by atoms with Gasteiger partial charge in [-0.05, 0) is 5.92 Å². The van der Waals surface area contributed by atoms with Gasteiger partial charge in [-0.15, -0.1) is 5.01 Å². The molecule has 10 heteroatoms. The highest BCUT2D eigenvalue weighted by Crippen LogP contribution is 1.97. The number of rotatable bonds is 9. The molecule has 0 bridgehead atoms. The van der Waals surface area contributed by atoms with Gasteiger partial charge in [-0.2, -0.15) is 0 Å². The average molecular weight is 293 g/mol. The number of ether oxygens (including phenoxy) is 2. The summed E-state index contributed by atoms with van der Waals surface area (Å²) < 4.78 is 8.78. The molecule has 20 heavy (non-hydrogen) atoms. The molecule has 0 rings (SSSR count). The Hall–Kier alpha value is -2.26. The van der Waals surface area contributed by atoms with E-state index in [0.717, 1.165) is 0 Å². The van der Waals surface area contributed by atoms with Crippen LogP contribution in [0.2, 0.25) is 0 Å². The lowest BCUT2D eigenvalue weighted by molar-refractivity contribution is -0.707. The Labute approximate surface area is 116 Å². The lowest BCUT2D eigenvalue weighted by Gasteiger charge is -2.14. The Kier molecular flexibility index (Phi) is 8.55. The van der Waals surface area contributed by atoms with Crippen LogP contribution >= 0.6 is 0 Å². The molecule has 116 valence electrons. The molecule has 0 atom stereocenters. The highest BCUT2D eigenvalue weighted by atomic mass is 16.8. The van der Waals surface area contributed by atoms with Gasteiger partial charge in [0.25, 0.3) is 6.79 Å². The number of carbonyl (C=O) groups is 2. The molecule has 0 aromatic rings. The molecule has 0 heterocycles. The molecule has 0 radical (unpaired) electrons. The van der Waals surface area contributed by atoms with Crippen molar-refractivity contribution in [3.8, 4) is 0 Å². The molecule has 0 aliphatic heterocycles. The first kappa shape index (κ1) is 17.7. The number of carboxylic acids is 1. The van der Waals surface area contributed by atoms with Crippen molar-refractivity contribution >= 4 is 12.1 Å². The maximum Gasteiger partial charge on any atom is 0.511 e. The van der Waals surface area contributed by atoms with Gasteiger partial charge in [0.05, 0.1) is 25.0 Å². The molecule has 0 unspecified atom stereocenters. The Bertz CT molecular complexity index is 346. The number of hydrogen-bond donors (Lipinski definition) is 1. The Balaban J connectivity index is 3.78. The number of carboxylic acid groups (broad SMARTS) is 1. The number of carbonyl (C=O) groups excluding carboxylic acids is 1. The number of hydrazine groups is 1. The summed E-state index contributed by atoms with van der Waals surface area (Å²) in [5.41, 5.74) is 0. The van der Waals surface area contributed by atoms with Crippen LogP contribution in [0.25, 0.3) is 0 Å². The Morgan fingerprint density at radius 3 is 2.60 bits per heavy atom. The zero-order chi connectivity index (χ0) is 15.5. The maximum absolute atomic E-state index is 11.3. The van der Waals surface area contributed by atoms with Gasteiger partial charge in [-0.1, -0.05) is 13.8 Å². The minimum atomic E-state index is -1.10. The molecule has 0 saturated carbocycles. The summed E-state index contributed by atoms with van der Waals surface area (Å²) in [6.07, 6.45) is -1.43. The predicted molar refractivity (Wildman–Crippen MR) is 64.2 cm³/mol. The van der Waals surface area contributed by atoms with Crippen molar-refractivity contribution < 1.29 is 34.0 Å². The normalized spacial score (nSPS) is 11.1. The monoisotopic (exact) mass is 293 g/mol. The van der Waals surface area contributed by atoms with Crippen LogP contribution in [0.15, 0.2) is 5.28 Å². The quantitative estimate of drug-likeness (QED) is 0.166. The van der Waals surface area contributed by atoms with Crippen molar-refractivity contribution in [2.75, 3.05) is 27.0 Å². The smallest absolute Gasteiger partial charge is 0.511 e. The van der Waals surface area contributed by atoms with Crippen molar-refractivity contribution in [3.05, 3.63) is 5.21 Å². The molecule has 0 fully saturated rings. The van der Waals surface area contributed by atoms with E-state index in [4.69, 9.17) is 5.11 Å². The van der Waals surface area contributed by atoms with Gasteiger partial charge >= 0.3 is 12.1 Å². The van der Waals surface area contributed by atoms with E-state index >= 15 is 0 Å². The lowest BCUT2D eigenvalue weighted by Crippen LogP contribution is -2.30. The van der Waals surface area contributed by atoms with Crippen LogP contribution in [0.1, 0.15) is 20.3 Å². The van der Waals surface area contributed by atoms with Gasteiger partial charge < -0.3 is 24.6 Å². The number of aliphatic carboxylic acids is 1. The largest absolute Gasteiger partial charge is 0.569 e. The topological polar surface area (TPSA) is 124 Å². The van der Waals surface area contributed by atoms with Gasteiger partial charge in [-0.3, -0.25) is 4.79 Å². The summed E-state index contributed by atoms with van der Waals surface area (Å²) in [6.45, 7) is 3.42. The third-order valence-electron chi connectivity index (χ3n) is 1.81. The summed E-state index contributed by atoms with van der Waals surface area (Å²) in [5, 5.41) is 24.0. The summed E-state index contributed by atoms with van der Waals surface area (Å²) in [6, 6.07) is 0. The second-order valence-electron chi connectivity index (χ2n) is 4.20. The molecule has 1 N–H and O–H groups in total. The summed E-state index contributed by atoms with van der Waals surface area (Å²) >= 11 is 0. The van der Waals surface area contributed by atoms with Gasteiger partial charge in [0.1, 0.15) is 6.61 Å². The maximum atomic E-state index is 11.3. The van der Waals surface area contributed by atoms with Crippen molar-refractivity contribution in [1.29, 1.82) is 0 Å². The van der Waals surface area contributed by atoms with Crippen LogP contribution in [0.5, 0.6) is 0 Å².